The number of hydrogen-bond donors (Lipinski definition) is 3. The Balaban J connectivity index is 0.000000260. The van der Waals surface area contributed by atoms with Gasteiger partial charge in [0, 0.05) is 24.3 Å². The van der Waals surface area contributed by atoms with Crippen molar-refractivity contribution in [2.75, 3.05) is 6.54 Å². The zero-order valence-corrected chi connectivity index (χ0v) is 13.9. The van der Waals surface area contributed by atoms with Gasteiger partial charge in [0.05, 0.1) is 11.0 Å². The lowest BCUT2D eigenvalue weighted by molar-refractivity contribution is -0.134. The maximum Gasteiger partial charge on any atom is 0.328 e. The Bertz CT molecular complexity index is 901. The van der Waals surface area contributed by atoms with Gasteiger partial charge < -0.3 is 15.9 Å². The summed E-state index contributed by atoms with van der Waals surface area (Å²) in [4.78, 5) is 23.8. The van der Waals surface area contributed by atoms with Gasteiger partial charge in [-0.3, -0.25) is 4.57 Å². The SMILES string of the molecule is NCCc1nc2ccccc2n1-c1ccccc1.O=C(O)/C=C/C(=O)O. The van der Waals surface area contributed by atoms with Crippen LogP contribution in [0.1, 0.15) is 5.82 Å². The highest BCUT2D eigenvalue weighted by molar-refractivity contribution is 5.89. The summed E-state index contributed by atoms with van der Waals surface area (Å²) >= 11 is 0. The highest BCUT2D eigenvalue weighted by Crippen LogP contribution is 2.21. The van der Waals surface area contributed by atoms with Crippen LogP contribution in [0, 0.1) is 0 Å². The number of hydrogen-bond acceptors (Lipinski definition) is 4. The number of imidazole rings is 1. The monoisotopic (exact) mass is 353 g/mol. The third-order valence-corrected chi connectivity index (χ3v) is 3.38. The molecule has 134 valence electrons. The predicted octanol–water partition coefficient (Wildman–Crippen LogP) is 2.24. The second kappa shape index (κ2) is 9.14. The van der Waals surface area contributed by atoms with Gasteiger partial charge in [0.1, 0.15) is 5.82 Å². The lowest BCUT2D eigenvalue weighted by Gasteiger charge is -2.08. The lowest BCUT2D eigenvalue weighted by atomic mass is 10.2. The van der Waals surface area contributed by atoms with E-state index in [2.05, 4.69) is 27.8 Å². The Labute approximate surface area is 150 Å². The van der Waals surface area contributed by atoms with Gasteiger partial charge in [-0.2, -0.15) is 0 Å². The molecule has 26 heavy (non-hydrogen) atoms. The molecule has 0 amide bonds. The molecule has 0 radical (unpaired) electrons. The Morgan fingerprint density at radius 3 is 2.12 bits per heavy atom. The van der Waals surface area contributed by atoms with Gasteiger partial charge in [-0.1, -0.05) is 30.3 Å². The summed E-state index contributed by atoms with van der Waals surface area (Å²) in [6, 6.07) is 18.5. The molecule has 0 spiro atoms. The third kappa shape index (κ3) is 5.02. The van der Waals surface area contributed by atoms with E-state index in [4.69, 9.17) is 15.9 Å². The van der Waals surface area contributed by atoms with Gasteiger partial charge in [0.2, 0.25) is 0 Å². The van der Waals surface area contributed by atoms with Crippen LogP contribution in [0.4, 0.5) is 0 Å². The van der Waals surface area contributed by atoms with Gasteiger partial charge in [-0.05, 0) is 30.8 Å². The molecule has 0 saturated carbocycles. The third-order valence-electron chi connectivity index (χ3n) is 3.38. The number of carboxylic acids is 2. The zero-order valence-electron chi connectivity index (χ0n) is 13.9. The van der Waals surface area contributed by atoms with E-state index in [0.717, 1.165) is 29.0 Å². The quantitative estimate of drug-likeness (QED) is 0.605. The van der Waals surface area contributed by atoms with E-state index in [0.29, 0.717) is 18.7 Å². The van der Waals surface area contributed by atoms with E-state index in [-0.39, 0.29) is 0 Å². The fourth-order valence-electron chi connectivity index (χ4n) is 2.38. The van der Waals surface area contributed by atoms with E-state index in [1.165, 1.54) is 0 Å². The minimum atomic E-state index is -1.26. The number of nitrogens with two attached hydrogens (primary N) is 1. The zero-order chi connectivity index (χ0) is 18.9. The molecule has 1 aromatic heterocycles. The van der Waals surface area contributed by atoms with Crippen LogP contribution in [0.2, 0.25) is 0 Å². The molecule has 0 saturated heterocycles. The number of para-hydroxylation sites is 3. The summed E-state index contributed by atoms with van der Waals surface area (Å²) in [5.74, 6) is -1.50. The molecule has 0 aliphatic rings. The molecule has 7 heteroatoms. The molecular weight excluding hydrogens is 334 g/mol. The van der Waals surface area contributed by atoms with Crippen LogP contribution in [0.5, 0.6) is 0 Å². The predicted molar refractivity (Wildman–Crippen MR) is 98.2 cm³/mol. The molecular formula is C19H19N3O4. The fourth-order valence-corrected chi connectivity index (χ4v) is 2.38. The molecule has 0 aliphatic carbocycles. The number of carbonyl (C=O) groups is 2. The Morgan fingerprint density at radius 1 is 0.962 bits per heavy atom. The lowest BCUT2D eigenvalue weighted by Crippen LogP contribution is -2.08. The van der Waals surface area contributed by atoms with Crippen LogP contribution in [0.15, 0.2) is 66.7 Å². The van der Waals surface area contributed by atoms with Crippen molar-refractivity contribution in [3.63, 3.8) is 0 Å². The first-order valence-corrected chi connectivity index (χ1v) is 7.88. The molecule has 0 aliphatic heterocycles. The summed E-state index contributed by atoms with van der Waals surface area (Å²) < 4.78 is 2.18. The first-order valence-electron chi connectivity index (χ1n) is 7.88. The van der Waals surface area contributed by atoms with Crippen molar-refractivity contribution in [1.29, 1.82) is 0 Å². The smallest absolute Gasteiger partial charge is 0.328 e. The highest BCUT2D eigenvalue weighted by atomic mass is 16.4. The van der Waals surface area contributed by atoms with Crippen LogP contribution in [-0.2, 0) is 16.0 Å². The van der Waals surface area contributed by atoms with Crippen molar-refractivity contribution < 1.29 is 19.8 Å². The molecule has 0 unspecified atom stereocenters. The largest absolute Gasteiger partial charge is 0.478 e. The first kappa shape index (κ1) is 18.9. The van der Waals surface area contributed by atoms with Crippen molar-refractivity contribution in [2.24, 2.45) is 5.73 Å². The van der Waals surface area contributed by atoms with Crippen LogP contribution >= 0.6 is 0 Å². The van der Waals surface area contributed by atoms with Gasteiger partial charge in [-0.25, -0.2) is 14.6 Å². The Morgan fingerprint density at radius 2 is 1.54 bits per heavy atom. The molecule has 0 fully saturated rings. The molecule has 2 aromatic carbocycles. The summed E-state index contributed by atoms with van der Waals surface area (Å²) in [7, 11) is 0. The fraction of sp³-hybridized carbons (Fsp3) is 0.105. The number of rotatable bonds is 5. The van der Waals surface area contributed by atoms with Crippen LogP contribution in [-0.4, -0.2) is 38.2 Å². The summed E-state index contributed by atoms with van der Waals surface area (Å²) in [5, 5.41) is 15.6. The van der Waals surface area contributed by atoms with Crippen LogP contribution < -0.4 is 5.73 Å². The number of aliphatic carboxylic acids is 2. The summed E-state index contributed by atoms with van der Waals surface area (Å²) in [6.07, 6.45) is 1.90. The van der Waals surface area contributed by atoms with E-state index in [1.807, 2.05) is 36.4 Å². The maximum atomic E-state index is 9.55. The second-order valence-electron chi connectivity index (χ2n) is 5.24. The number of nitrogens with zero attached hydrogens (tertiary/aromatic N) is 2. The van der Waals surface area contributed by atoms with Crippen molar-refractivity contribution in [2.45, 2.75) is 6.42 Å². The van der Waals surface area contributed by atoms with Crippen LogP contribution in [0.3, 0.4) is 0 Å². The van der Waals surface area contributed by atoms with Gasteiger partial charge in [0.15, 0.2) is 0 Å². The average molecular weight is 353 g/mol. The standard InChI is InChI=1S/C15H15N3.C4H4O4/c16-11-10-15-17-13-8-4-5-9-14(13)18(15)12-6-2-1-3-7-12;5-3(6)1-2-4(7)8/h1-9H,10-11,16H2;1-2H,(H,5,6)(H,7,8)/b;2-1+. The van der Waals surface area contributed by atoms with Gasteiger partial charge >= 0.3 is 11.9 Å². The number of aromatic nitrogens is 2. The summed E-state index contributed by atoms with van der Waals surface area (Å²) in [6.45, 7) is 0.607. The van der Waals surface area contributed by atoms with E-state index in [1.54, 1.807) is 0 Å². The van der Waals surface area contributed by atoms with Gasteiger partial charge in [0.25, 0.3) is 0 Å². The topological polar surface area (TPSA) is 118 Å². The number of fused-ring (bicyclic) bond motifs is 1. The first-order chi connectivity index (χ1) is 12.5. The normalized spacial score (nSPS) is 10.5. The minimum absolute atomic E-state index is 0.558. The Kier molecular flexibility index (Phi) is 6.64. The molecule has 1 heterocycles. The molecule has 0 atom stereocenters. The highest BCUT2D eigenvalue weighted by Gasteiger charge is 2.10. The second-order valence-corrected chi connectivity index (χ2v) is 5.24. The summed E-state index contributed by atoms with van der Waals surface area (Å²) in [5.41, 5.74) is 8.96. The maximum absolute atomic E-state index is 9.55. The van der Waals surface area contributed by atoms with Crippen molar-refractivity contribution >= 4 is 23.0 Å². The molecule has 3 rings (SSSR count). The van der Waals surface area contributed by atoms with Gasteiger partial charge in [-0.15, -0.1) is 0 Å². The Hall–Kier alpha value is -3.45. The molecule has 4 N–H and O–H groups in total. The van der Waals surface area contributed by atoms with Crippen molar-refractivity contribution in [3.05, 3.63) is 72.6 Å². The van der Waals surface area contributed by atoms with Crippen molar-refractivity contribution in [1.82, 2.24) is 9.55 Å². The molecule has 3 aromatic rings. The molecule has 0 bridgehead atoms. The number of carboxylic acid groups (broad SMARTS) is 2. The van der Waals surface area contributed by atoms with Crippen LogP contribution in [0.25, 0.3) is 16.7 Å². The van der Waals surface area contributed by atoms with E-state index in [9.17, 15) is 9.59 Å². The molecule has 7 nitrogen and oxygen atoms in total. The minimum Gasteiger partial charge on any atom is -0.478 e. The number of benzene rings is 2. The van der Waals surface area contributed by atoms with E-state index < -0.39 is 11.9 Å². The van der Waals surface area contributed by atoms with Crippen molar-refractivity contribution in [3.8, 4) is 5.69 Å². The van der Waals surface area contributed by atoms with E-state index >= 15 is 0 Å². The average Bonchev–Trinajstić information content (AvgIpc) is 2.99.